The highest BCUT2D eigenvalue weighted by atomic mass is 29.3. The summed E-state index contributed by atoms with van der Waals surface area (Å²) in [7, 11) is -0.646. The Morgan fingerprint density at radius 1 is 1.32 bits per heavy atom. The van der Waals surface area contributed by atoms with Gasteiger partial charge in [-0.1, -0.05) is 6.58 Å². The Morgan fingerprint density at radius 3 is 2.37 bits per heavy atom. The molecule has 0 aromatic heterocycles. The molecule has 0 unspecified atom stereocenters. The van der Waals surface area contributed by atoms with Crippen LogP contribution in [0.1, 0.15) is 13.3 Å². The third-order valence-corrected chi connectivity index (χ3v) is 15.5. The van der Waals surface area contributed by atoms with E-state index < -0.39 is 26.4 Å². The SMILES string of the molecule is C=C(C)C(=O)OCCC[SiH2]O[Si](C)(C)[SiH](OC)OC. The van der Waals surface area contributed by atoms with Crippen LogP contribution in [0.2, 0.25) is 19.1 Å². The van der Waals surface area contributed by atoms with E-state index in [2.05, 4.69) is 19.7 Å². The molecule has 0 atom stereocenters. The Balaban J connectivity index is 3.74. The van der Waals surface area contributed by atoms with Gasteiger partial charge in [-0.25, -0.2) is 4.79 Å². The topological polar surface area (TPSA) is 54.0 Å². The standard InChI is InChI=1S/C11H26O5Si3/c1-10(2)11(12)15-8-7-9-17-16-19(5,6)18(13-3)14-4/h18H,1,7-9,17H2,2-6H3. The van der Waals surface area contributed by atoms with Gasteiger partial charge < -0.3 is 17.7 Å². The van der Waals surface area contributed by atoms with Crippen molar-refractivity contribution in [2.45, 2.75) is 32.5 Å². The van der Waals surface area contributed by atoms with Crippen LogP contribution >= 0.6 is 0 Å². The fraction of sp³-hybridized carbons (Fsp3) is 0.727. The molecule has 0 saturated heterocycles. The molecule has 0 aliphatic heterocycles. The molecule has 19 heavy (non-hydrogen) atoms. The maximum Gasteiger partial charge on any atom is 0.333 e. The lowest BCUT2D eigenvalue weighted by molar-refractivity contribution is -0.138. The third kappa shape index (κ3) is 7.80. The van der Waals surface area contributed by atoms with Gasteiger partial charge in [-0.05, 0) is 32.5 Å². The van der Waals surface area contributed by atoms with E-state index in [-0.39, 0.29) is 5.97 Å². The number of rotatable bonds is 10. The monoisotopic (exact) mass is 322 g/mol. The molecule has 0 aliphatic rings. The predicted octanol–water partition coefficient (Wildman–Crippen LogP) is 0.811. The normalized spacial score (nSPS) is 12.3. The van der Waals surface area contributed by atoms with Crippen molar-refractivity contribution in [2.24, 2.45) is 0 Å². The van der Waals surface area contributed by atoms with Crippen molar-refractivity contribution in [2.75, 3.05) is 20.8 Å². The van der Waals surface area contributed by atoms with Gasteiger partial charge in [0.25, 0.3) is 0 Å². The molecule has 112 valence electrons. The first-order chi connectivity index (χ1) is 8.85. The maximum absolute atomic E-state index is 11.1. The lowest BCUT2D eigenvalue weighted by atomic mass is 10.4. The molecular formula is C11H26O5Si3. The molecule has 0 fully saturated rings. The van der Waals surface area contributed by atoms with Crippen LogP contribution in [-0.2, 0) is 22.5 Å². The van der Waals surface area contributed by atoms with E-state index in [0.717, 1.165) is 12.5 Å². The minimum atomic E-state index is -1.80. The van der Waals surface area contributed by atoms with Crippen molar-refractivity contribution < 1.29 is 22.5 Å². The van der Waals surface area contributed by atoms with Gasteiger partial charge in [-0.2, -0.15) is 0 Å². The number of carbonyl (C=O) groups is 1. The molecule has 0 spiro atoms. The van der Waals surface area contributed by atoms with Crippen LogP contribution in [0.15, 0.2) is 12.2 Å². The van der Waals surface area contributed by atoms with E-state index in [1.165, 1.54) is 0 Å². The van der Waals surface area contributed by atoms with Crippen molar-refractivity contribution in [3.8, 4) is 0 Å². The fourth-order valence-electron chi connectivity index (χ4n) is 1.56. The number of esters is 1. The van der Waals surface area contributed by atoms with E-state index in [1.54, 1.807) is 21.1 Å². The van der Waals surface area contributed by atoms with Crippen LogP contribution in [0.5, 0.6) is 0 Å². The van der Waals surface area contributed by atoms with Gasteiger partial charge >= 0.3 is 14.8 Å². The summed E-state index contributed by atoms with van der Waals surface area (Å²) in [4.78, 5) is 11.1. The molecule has 0 amide bonds. The summed E-state index contributed by atoms with van der Waals surface area (Å²) >= 11 is 0. The average Bonchev–Trinajstić information content (AvgIpc) is 2.34. The fourth-order valence-corrected chi connectivity index (χ4v) is 12.2. The van der Waals surface area contributed by atoms with Crippen molar-refractivity contribution in [1.29, 1.82) is 0 Å². The Hall–Kier alpha value is -0.259. The maximum atomic E-state index is 11.1. The quantitative estimate of drug-likeness (QED) is 0.258. The van der Waals surface area contributed by atoms with E-state index in [1.807, 2.05) is 0 Å². The lowest BCUT2D eigenvalue weighted by Gasteiger charge is -2.28. The minimum absolute atomic E-state index is 0.316. The second-order valence-electron chi connectivity index (χ2n) is 4.88. The summed E-state index contributed by atoms with van der Waals surface area (Å²) in [5.41, 5.74) is 0.441. The van der Waals surface area contributed by atoms with Crippen molar-refractivity contribution >= 4 is 32.4 Å². The zero-order chi connectivity index (χ0) is 14.9. The van der Waals surface area contributed by atoms with Gasteiger partial charge in [-0.3, -0.25) is 0 Å². The molecule has 0 N–H and O–H groups in total. The Morgan fingerprint density at radius 2 is 1.89 bits per heavy atom. The number of hydrogen-bond acceptors (Lipinski definition) is 5. The lowest BCUT2D eigenvalue weighted by Crippen LogP contribution is -2.52. The third-order valence-electron chi connectivity index (χ3n) is 2.59. The summed E-state index contributed by atoms with van der Waals surface area (Å²) in [5.74, 6) is -0.316. The summed E-state index contributed by atoms with van der Waals surface area (Å²) in [6.07, 6.45) is 0.849. The predicted molar refractivity (Wildman–Crippen MR) is 83.5 cm³/mol. The number of hydrogen-bond donors (Lipinski definition) is 0. The molecule has 5 nitrogen and oxygen atoms in total. The molecule has 0 radical (unpaired) electrons. The van der Waals surface area contributed by atoms with Crippen LogP contribution in [0.4, 0.5) is 0 Å². The number of carbonyl (C=O) groups excluding carboxylic acids is 1. The molecular weight excluding hydrogens is 296 g/mol. The number of ether oxygens (including phenoxy) is 1. The van der Waals surface area contributed by atoms with Crippen LogP contribution in [0.25, 0.3) is 0 Å². The first-order valence-electron chi connectivity index (χ1n) is 6.37. The van der Waals surface area contributed by atoms with Gasteiger partial charge in [-0.15, -0.1) is 0 Å². The highest BCUT2D eigenvalue weighted by molar-refractivity contribution is 7.25. The van der Waals surface area contributed by atoms with Gasteiger partial charge in [0.15, 0.2) is 0 Å². The molecule has 0 aromatic rings. The second kappa shape index (κ2) is 9.61. The molecule has 0 bridgehead atoms. The molecule has 0 heterocycles. The summed E-state index contributed by atoms with van der Waals surface area (Å²) in [5, 5.41) is 0. The van der Waals surface area contributed by atoms with Gasteiger partial charge in [0.05, 0.1) is 6.61 Å². The highest BCUT2D eigenvalue weighted by Crippen LogP contribution is 2.10. The smallest absolute Gasteiger partial charge is 0.333 e. The van der Waals surface area contributed by atoms with E-state index in [4.69, 9.17) is 17.7 Å². The van der Waals surface area contributed by atoms with Crippen molar-refractivity contribution in [3.63, 3.8) is 0 Å². The average molecular weight is 323 g/mol. The Bertz CT molecular complexity index is 292. The van der Waals surface area contributed by atoms with E-state index in [0.29, 0.717) is 12.2 Å². The summed E-state index contributed by atoms with van der Waals surface area (Å²) in [6, 6.07) is 0.994. The molecule has 8 heteroatoms. The summed E-state index contributed by atoms with van der Waals surface area (Å²) < 4.78 is 21.9. The largest absolute Gasteiger partial charge is 0.462 e. The summed E-state index contributed by atoms with van der Waals surface area (Å²) in [6.45, 7) is 9.91. The molecule has 0 aromatic carbocycles. The van der Waals surface area contributed by atoms with Gasteiger partial charge in [0.2, 0.25) is 7.83 Å². The van der Waals surface area contributed by atoms with Gasteiger partial charge in [0.1, 0.15) is 9.76 Å². The Labute approximate surface area is 121 Å². The highest BCUT2D eigenvalue weighted by Gasteiger charge is 2.36. The van der Waals surface area contributed by atoms with Crippen molar-refractivity contribution in [3.05, 3.63) is 12.2 Å². The Kier molecular flexibility index (Phi) is 9.48. The first-order valence-corrected chi connectivity index (χ1v) is 13.6. The van der Waals surface area contributed by atoms with Crippen LogP contribution in [-0.4, -0.2) is 53.2 Å². The van der Waals surface area contributed by atoms with Crippen molar-refractivity contribution in [1.82, 2.24) is 0 Å². The molecule has 0 aliphatic carbocycles. The molecule has 0 rings (SSSR count). The molecule has 0 saturated carbocycles. The zero-order valence-corrected chi connectivity index (χ0v) is 16.2. The zero-order valence-electron chi connectivity index (χ0n) is 12.7. The van der Waals surface area contributed by atoms with E-state index in [9.17, 15) is 4.79 Å². The minimum Gasteiger partial charge on any atom is -0.462 e. The van der Waals surface area contributed by atoms with Gasteiger partial charge in [0, 0.05) is 19.8 Å². The van der Waals surface area contributed by atoms with Crippen LogP contribution < -0.4 is 0 Å². The van der Waals surface area contributed by atoms with Crippen LogP contribution in [0.3, 0.4) is 0 Å². The first kappa shape index (κ1) is 18.7. The van der Waals surface area contributed by atoms with Crippen LogP contribution in [0, 0.1) is 0 Å². The van der Waals surface area contributed by atoms with E-state index >= 15 is 0 Å². The second-order valence-corrected chi connectivity index (χ2v) is 17.5.